The van der Waals surface area contributed by atoms with E-state index in [0.29, 0.717) is 55.0 Å². The zero-order valence-electron chi connectivity index (χ0n) is 18.5. The molecule has 1 atom stereocenters. The van der Waals surface area contributed by atoms with Crippen molar-refractivity contribution in [2.24, 2.45) is 5.73 Å². The maximum atomic E-state index is 13.2. The highest BCUT2D eigenvalue weighted by atomic mass is 16.5. The number of carbonyl (C=O) groups is 3. The quantitative estimate of drug-likeness (QED) is 0.323. The van der Waals surface area contributed by atoms with E-state index in [9.17, 15) is 14.4 Å². The van der Waals surface area contributed by atoms with Crippen molar-refractivity contribution in [3.05, 3.63) is 59.9 Å². The van der Waals surface area contributed by atoms with Crippen molar-refractivity contribution in [3.8, 4) is 5.75 Å². The smallest absolute Gasteiger partial charge is 0.295 e. The summed E-state index contributed by atoms with van der Waals surface area (Å²) in [4.78, 5) is 49.5. The van der Waals surface area contributed by atoms with E-state index in [4.69, 9.17) is 10.5 Å². The highest BCUT2D eigenvalue weighted by Gasteiger charge is 2.34. The van der Waals surface area contributed by atoms with Gasteiger partial charge in [0.1, 0.15) is 11.4 Å². The third kappa shape index (κ3) is 4.58. The number of nitrogens with two attached hydrogens (primary N) is 1. The summed E-state index contributed by atoms with van der Waals surface area (Å²) in [6, 6.07) is 10.4. The lowest BCUT2D eigenvalue weighted by Gasteiger charge is -2.39. The molecule has 0 unspecified atom stereocenters. The van der Waals surface area contributed by atoms with Gasteiger partial charge in [-0.15, -0.1) is 0 Å². The second kappa shape index (κ2) is 9.83. The maximum Gasteiger partial charge on any atom is 0.295 e. The molecule has 3 heterocycles. The Morgan fingerprint density at radius 2 is 1.97 bits per heavy atom. The van der Waals surface area contributed by atoms with E-state index >= 15 is 0 Å². The van der Waals surface area contributed by atoms with Gasteiger partial charge in [-0.05, 0) is 38.1 Å². The third-order valence-corrected chi connectivity index (χ3v) is 5.78. The van der Waals surface area contributed by atoms with Gasteiger partial charge >= 0.3 is 0 Å². The molecule has 9 heteroatoms. The lowest BCUT2D eigenvalue weighted by Crippen LogP contribution is -2.56. The van der Waals surface area contributed by atoms with Crippen molar-refractivity contribution in [1.29, 1.82) is 0 Å². The zero-order chi connectivity index (χ0) is 23.4. The molecule has 33 heavy (non-hydrogen) atoms. The first-order chi connectivity index (χ1) is 16.0. The van der Waals surface area contributed by atoms with E-state index < -0.39 is 11.7 Å². The van der Waals surface area contributed by atoms with Crippen LogP contribution in [0.5, 0.6) is 5.75 Å². The van der Waals surface area contributed by atoms with Crippen LogP contribution in [0.4, 0.5) is 0 Å². The van der Waals surface area contributed by atoms with Crippen LogP contribution in [0.15, 0.2) is 48.8 Å². The topological polar surface area (TPSA) is 122 Å². The standard InChI is InChI=1S/C24H27N5O4/c1-16-15-28(23(31)17-6-3-2-4-7-17)11-12-29(16)24(32)21(30)18-14-27-22-20(18)19(8-10-26-22)33-13-5-9-25/h2-4,6-8,10,14,16H,5,9,11-13,15,25H2,1H3,(H,26,27)/t16-/m1/s1. The SMILES string of the molecule is C[C@@H]1CN(C(=O)c2ccccc2)CCN1C(=O)C(=O)c1c[nH]c2nccc(OCCCN)c12. The molecule has 2 amide bonds. The van der Waals surface area contributed by atoms with Crippen LogP contribution in [-0.2, 0) is 4.79 Å². The van der Waals surface area contributed by atoms with Crippen molar-refractivity contribution >= 4 is 28.6 Å². The van der Waals surface area contributed by atoms with Crippen molar-refractivity contribution in [1.82, 2.24) is 19.8 Å². The fraction of sp³-hybridized carbons (Fsp3) is 0.333. The molecule has 1 saturated heterocycles. The van der Waals surface area contributed by atoms with Gasteiger partial charge in [0, 0.05) is 43.6 Å². The van der Waals surface area contributed by atoms with Crippen molar-refractivity contribution in [3.63, 3.8) is 0 Å². The van der Waals surface area contributed by atoms with Crippen LogP contribution in [0.3, 0.4) is 0 Å². The number of Topliss-reactive ketones (excluding diaryl/α,β-unsaturated/α-hetero) is 1. The van der Waals surface area contributed by atoms with Crippen LogP contribution in [0.2, 0.25) is 0 Å². The number of aromatic nitrogens is 2. The number of amides is 2. The Labute approximate surface area is 191 Å². The van der Waals surface area contributed by atoms with Gasteiger partial charge in [-0.2, -0.15) is 0 Å². The Morgan fingerprint density at radius 1 is 1.18 bits per heavy atom. The van der Waals surface area contributed by atoms with Gasteiger partial charge in [0.25, 0.3) is 17.6 Å². The van der Waals surface area contributed by atoms with Gasteiger partial charge in [0.15, 0.2) is 0 Å². The molecule has 0 spiro atoms. The van der Waals surface area contributed by atoms with Crippen LogP contribution in [-0.4, -0.2) is 76.2 Å². The average Bonchev–Trinajstić information content (AvgIpc) is 3.28. The summed E-state index contributed by atoms with van der Waals surface area (Å²) in [5.41, 5.74) is 6.84. The number of aromatic amines is 1. The molecule has 1 aliphatic rings. The molecule has 4 rings (SSSR count). The third-order valence-electron chi connectivity index (χ3n) is 5.78. The van der Waals surface area contributed by atoms with Crippen LogP contribution in [0.1, 0.15) is 34.1 Å². The number of nitrogens with zero attached hydrogens (tertiary/aromatic N) is 3. The summed E-state index contributed by atoms with van der Waals surface area (Å²) >= 11 is 0. The van der Waals surface area contributed by atoms with Crippen LogP contribution in [0, 0.1) is 0 Å². The predicted molar refractivity (Wildman–Crippen MR) is 123 cm³/mol. The Balaban J connectivity index is 1.49. The number of rotatable bonds is 7. The molecular weight excluding hydrogens is 422 g/mol. The number of hydrogen-bond donors (Lipinski definition) is 2. The Hall–Kier alpha value is -3.72. The highest BCUT2D eigenvalue weighted by Crippen LogP contribution is 2.28. The first-order valence-electron chi connectivity index (χ1n) is 11.0. The monoisotopic (exact) mass is 449 g/mol. The molecule has 9 nitrogen and oxygen atoms in total. The fourth-order valence-electron chi connectivity index (χ4n) is 4.04. The number of pyridine rings is 1. The van der Waals surface area contributed by atoms with E-state index in [1.807, 2.05) is 25.1 Å². The first kappa shape index (κ1) is 22.5. The number of ether oxygens (including phenoxy) is 1. The number of benzene rings is 1. The number of nitrogens with one attached hydrogen (secondary N) is 1. The Morgan fingerprint density at radius 3 is 2.70 bits per heavy atom. The van der Waals surface area contributed by atoms with E-state index in [1.54, 1.807) is 29.3 Å². The second-order valence-corrected chi connectivity index (χ2v) is 8.02. The Bertz CT molecular complexity index is 1160. The van der Waals surface area contributed by atoms with E-state index in [1.165, 1.54) is 11.1 Å². The molecule has 0 saturated carbocycles. The Kier molecular flexibility index (Phi) is 6.69. The number of fused-ring (bicyclic) bond motifs is 1. The first-order valence-corrected chi connectivity index (χ1v) is 11.0. The molecule has 0 aliphatic carbocycles. The normalized spacial score (nSPS) is 16.1. The van der Waals surface area contributed by atoms with Crippen molar-refractivity contribution in [2.75, 3.05) is 32.8 Å². The van der Waals surface area contributed by atoms with Gasteiger partial charge in [0.2, 0.25) is 0 Å². The summed E-state index contributed by atoms with van der Waals surface area (Å²) in [6.45, 7) is 3.73. The molecular formula is C24H27N5O4. The second-order valence-electron chi connectivity index (χ2n) is 8.02. The van der Waals surface area contributed by atoms with Gasteiger partial charge in [0.05, 0.1) is 17.6 Å². The summed E-state index contributed by atoms with van der Waals surface area (Å²) in [5.74, 6) is -0.834. The van der Waals surface area contributed by atoms with Crippen LogP contribution >= 0.6 is 0 Å². The molecule has 3 N–H and O–H groups in total. The molecule has 0 bridgehead atoms. The molecule has 1 aromatic carbocycles. The van der Waals surface area contributed by atoms with Crippen molar-refractivity contribution in [2.45, 2.75) is 19.4 Å². The van der Waals surface area contributed by atoms with Crippen LogP contribution in [0.25, 0.3) is 11.0 Å². The fourth-order valence-corrected chi connectivity index (χ4v) is 4.04. The average molecular weight is 450 g/mol. The minimum Gasteiger partial charge on any atom is -0.493 e. The van der Waals surface area contributed by atoms with E-state index in [0.717, 1.165) is 0 Å². The lowest BCUT2D eigenvalue weighted by molar-refractivity contribution is -0.130. The summed E-state index contributed by atoms with van der Waals surface area (Å²) in [5, 5.41) is 0.485. The van der Waals surface area contributed by atoms with E-state index in [2.05, 4.69) is 9.97 Å². The van der Waals surface area contributed by atoms with Gasteiger partial charge < -0.3 is 25.3 Å². The van der Waals surface area contributed by atoms with Gasteiger partial charge in [-0.1, -0.05) is 18.2 Å². The predicted octanol–water partition coefficient (Wildman–Crippen LogP) is 1.85. The number of piperazine rings is 1. The molecule has 2 aromatic heterocycles. The molecule has 1 fully saturated rings. The van der Waals surface area contributed by atoms with Gasteiger partial charge in [-0.25, -0.2) is 4.98 Å². The molecule has 0 radical (unpaired) electrons. The minimum atomic E-state index is -0.632. The molecule has 3 aromatic rings. The molecule has 1 aliphatic heterocycles. The number of carbonyl (C=O) groups excluding carboxylic acids is 3. The minimum absolute atomic E-state index is 0.0807. The summed E-state index contributed by atoms with van der Waals surface area (Å²) < 4.78 is 5.78. The highest BCUT2D eigenvalue weighted by molar-refractivity contribution is 6.45. The number of ketones is 1. The molecule has 172 valence electrons. The zero-order valence-corrected chi connectivity index (χ0v) is 18.5. The van der Waals surface area contributed by atoms with Crippen LogP contribution < -0.4 is 10.5 Å². The number of hydrogen-bond acceptors (Lipinski definition) is 6. The largest absolute Gasteiger partial charge is 0.493 e. The van der Waals surface area contributed by atoms with Gasteiger partial charge in [-0.3, -0.25) is 14.4 Å². The summed E-state index contributed by atoms with van der Waals surface area (Å²) in [7, 11) is 0. The summed E-state index contributed by atoms with van der Waals surface area (Å²) in [6.07, 6.45) is 3.74. The lowest BCUT2D eigenvalue weighted by atomic mass is 10.1. The number of H-pyrrole nitrogens is 1. The van der Waals surface area contributed by atoms with E-state index in [-0.39, 0.29) is 24.1 Å². The maximum absolute atomic E-state index is 13.2. The van der Waals surface area contributed by atoms with Crippen molar-refractivity contribution < 1.29 is 19.1 Å².